The van der Waals surface area contributed by atoms with E-state index in [0.29, 0.717) is 5.75 Å². The number of aliphatic carboxylic acids is 1. The lowest BCUT2D eigenvalue weighted by molar-refractivity contribution is -0.139. The number of imide groups is 1. The smallest absolute Gasteiger partial charge is 0.332 e. The Morgan fingerprint density at radius 2 is 1.75 bits per heavy atom. The molecule has 3 aromatic carbocycles. The molecule has 4 aromatic rings. The number of benzene rings is 3. The molecular formula is C32H29N5O7. The summed E-state index contributed by atoms with van der Waals surface area (Å²) in [4.78, 5) is 70.8. The van der Waals surface area contributed by atoms with Crippen molar-refractivity contribution >= 4 is 46.3 Å². The fraction of sp³-hybridized carbons (Fsp3) is 0.219. The third-order valence-electron chi connectivity index (χ3n) is 8.15. The highest BCUT2D eigenvalue weighted by Crippen LogP contribution is 2.45. The number of carboxylic acids is 1. The number of nitrogens with two attached hydrogens (primary N) is 1. The first-order chi connectivity index (χ1) is 21.2. The van der Waals surface area contributed by atoms with E-state index in [1.54, 1.807) is 31.4 Å². The zero-order chi connectivity index (χ0) is 31.1. The van der Waals surface area contributed by atoms with Gasteiger partial charge in [0.05, 0.1) is 18.4 Å². The van der Waals surface area contributed by atoms with Crippen LogP contribution >= 0.6 is 0 Å². The molecule has 12 heteroatoms. The van der Waals surface area contributed by atoms with Crippen LogP contribution in [0.4, 0.5) is 10.5 Å². The second kappa shape index (κ2) is 11.2. The molecule has 3 atom stereocenters. The molecule has 1 saturated heterocycles. The molecular weight excluding hydrogens is 566 g/mol. The Labute approximate surface area is 251 Å². The number of H-pyrrole nitrogens is 1. The van der Waals surface area contributed by atoms with Crippen LogP contribution in [0.1, 0.15) is 46.1 Å². The molecule has 2 aliphatic heterocycles. The summed E-state index contributed by atoms with van der Waals surface area (Å²) < 4.78 is 5.33. The van der Waals surface area contributed by atoms with E-state index in [1.165, 1.54) is 17.0 Å². The SMILES string of the molecule is COc1ccc([C@@H]2c3[nH]c4ccccc4c3C[C@H]3C(=O)N(c4ccccc4C(=O)N[C@@H](CCC(N)=O)C(=O)O)C(=O)N23)cc1. The minimum absolute atomic E-state index is 0.0236. The minimum Gasteiger partial charge on any atom is -0.497 e. The van der Waals surface area contributed by atoms with Gasteiger partial charge in [-0.25, -0.2) is 14.5 Å². The number of primary amides is 1. The van der Waals surface area contributed by atoms with Gasteiger partial charge in [-0.2, -0.15) is 0 Å². The molecule has 0 spiro atoms. The zero-order valence-corrected chi connectivity index (χ0v) is 23.7. The van der Waals surface area contributed by atoms with Crippen molar-refractivity contribution < 1.29 is 33.8 Å². The van der Waals surface area contributed by atoms with Crippen LogP contribution in [-0.4, -0.2) is 63.9 Å². The Balaban J connectivity index is 1.40. The molecule has 5 amide bonds. The van der Waals surface area contributed by atoms with Crippen molar-refractivity contribution in [1.82, 2.24) is 15.2 Å². The summed E-state index contributed by atoms with van der Waals surface area (Å²) in [5, 5.41) is 12.9. The van der Waals surface area contributed by atoms with Gasteiger partial charge in [0.25, 0.3) is 11.8 Å². The number of para-hydroxylation sites is 2. The highest BCUT2D eigenvalue weighted by atomic mass is 16.5. The van der Waals surface area contributed by atoms with E-state index in [9.17, 15) is 29.1 Å². The van der Waals surface area contributed by atoms with E-state index in [4.69, 9.17) is 10.5 Å². The summed E-state index contributed by atoms with van der Waals surface area (Å²) in [6.45, 7) is 0. The van der Waals surface area contributed by atoms with Crippen molar-refractivity contribution in [1.29, 1.82) is 0 Å². The number of carboxylic acid groups (broad SMARTS) is 1. The van der Waals surface area contributed by atoms with Gasteiger partial charge in [0.2, 0.25) is 5.91 Å². The van der Waals surface area contributed by atoms with Gasteiger partial charge in [-0.05, 0) is 47.9 Å². The number of ether oxygens (including phenoxy) is 1. The van der Waals surface area contributed by atoms with Crippen molar-refractivity contribution in [2.24, 2.45) is 5.73 Å². The van der Waals surface area contributed by atoms with Gasteiger partial charge in [-0.3, -0.25) is 19.3 Å². The molecule has 0 saturated carbocycles. The number of amides is 5. The topological polar surface area (TPSA) is 175 Å². The first-order valence-corrected chi connectivity index (χ1v) is 14.0. The molecule has 6 rings (SSSR count). The summed E-state index contributed by atoms with van der Waals surface area (Å²) in [5.74, 6) is -2.74. The maximum absolute atomic E-state index is 14.3. The quantitative estimate of drug-likeness (QED) is 0.215. The Morgan fingerprint density at radius 1 is 1.05 bits per heavy atom. The average Bonchev–Trinajstić information content (AvgIpc) is 3.51. The number of fused-ring (bicyclic) bond motifs is 4. The maximum atomic E-state index is 14.3. The molecule has 0 aliphatic carbocycles. The largest absolute Gasteiger partial charge is 0.497 e. The van der Waals surface area contributed by atoms with Crippen LogP contribution in [0.15, 0.2) is 72.8 Å². The average molecular weight is 596 g/mol. The molecule has 1 aromatic heterocycles. The molecule has 5 N–H and O–H groups in total. The lowest BCUT2D eigenvalue weighted by Crippen LogP contribution is -2.44. The van der Waals surface area contributed by atoms with E-state index in [0.717, 1.165) is 32.6 Å². The number of carbonyl (C=O) groups excluding carboxylic acids is 4. The molecule has 0 unspecified atom stereocenters. The first kappa shape index (κ1) is 28.5. The van der Waals surface area contributed by atoms with E-state index >= 15 is 0 Å². The van der Waals surface area contributed by atoms with Crippen LogP contribution in [-0.2, 0) is 20.8 Å². The molecule has 12 nitrogen and oxygen atoms in total. The number of rotatable bonds is 9. The standard InChI is InChI=1S/C32H29N5O7/c1-44-18-12-10-17(11-13-18)28-27-21(19-6-2-4-8-22(19)34-27)16-25-30(40)37(32(43)36(25)28)24-9-5-3-7-20(24)29(39)35-23(31(41)42)14-15-26(33)38/h2-13,23,25,28,34H,14-16H2,1H3,(H2,33,38)(H,35,39)(H,41,42)/t23-,25-,28+/m0/s1. The van der Waals surface area contributed by atoms with Crippen molar-refractivity contribution in [3.8, 4) is 5.75 Å². The number of urea groups is 1. The van der Waals surface area contributed by atoms with Gasteiger partial charge in [-0.15, -0.1) is 0 Å². The minimum atomic E-state index is -1.41. The molecule has 44 heavy (non-hydrogen) atoms. The number of aromatic amines is 1. The number of methoxy groups -OCH3 is 1. The van der Waals surface area contributed by atoms with Crippen molar-refractivity contribution in [2.75, 3.05) is 12.0 Å². The predicted molar refractivity (Wildman–Crippen MR) is 159 cm³/mol. The van der Waals surface area contributed by atoms with Crippen LogP contribution in [0.5, 0.6) is 5.75 Å². The molecule has 224 valence electrons. The van der Waals surface area contributed by atoms with Crippen LogP contribution in [0.3, 0.4) is 0 Å². The number of carbonyl (C=O) groups is 5. The second-order valence-corrected chi connectivity index (χ2v) is 10.7. The Bertz CT molecular complexity index is 1820. The van der Waals surface area contributed by atoms with Crippen LogP contribution in [0.2, 0.25) is 0 Å². The number of anilines is 1. The molecule has 1 fully saturated rings. The Hall–Kier alpha value is -5.65. The number of nitrogens with one attached hydrogen (secondary N) is 2. The molecule has 0 bridgehead atoms. The normalized spacial score (nSPS) is 18.1. The summed E-state index contributed by atoms with van der Waals surface area (Å²) in [6, 6.07) is 17.5. The van der Waals surface area contributed by atoms with Crippen molar-refractivity contribution in [2.45, 2.75) is 37.4 Å². The summed E-state index contributed by atoms with van der Waals surface area (Å²) >= 11 is 0. The zero-order valence-electron chi connectivity index (χ0n) is 23.7. The fourth-order valence-corrected chi connectivity index (χ4v) is 6.07. The molecule has 2 aliphatic rings. The molecule has 3 heterocycles. The third-order valence-corrected chi connectivity index (χ3v) is 8.15. The van der Waals surface area contributed by atoms with Crippen LogP contribution in [0, 0.1) is 0 Å². The number of aromatic nitrogens is 1. The summed E-state index contributed by atoms with van der Waals surface area (Å²) in [5.41, 5.74) is 8.49. The lowest BCUT2D eigenvalue weighted by atomic mass is 9.89. The number of hydrogen-bond acceptors (Lipinski definition) is 6. The van der Waals surface area contributed by atoms with Crippen molar-refractivity contribution in [3.63, 3.8) is 0 Å². The van der Waals surface area contributed by atoms with E-state index in [-0.39, 0.29) is 30.5 Å². The Morgan fingerprint density at radius 3 is 2.45 bits per heavy atom. The molecule has 0 radical (unpaired) electrons. The van der Waals surface area contributed by atoms with Crippen molar-refractivity contribution in [3.05, 3.63) is 95.2 Å². The van der Waals surface area contributed by atoms with Gasteiger partial charge in [0, 0.05) is 29.4 Å². The number of hydrogen-bond donors (Lipinski definition) is 4. The fourth-order valence-electron chi connectivity index (χ4n) is 6.07. The third kappa shape index (κ3) is 4.79. The van der Waals surface area contributed by atoms with E-state index in [1.807, 2.05) is 36.4 Å². The van der Waals surface area contributed by atoms with Gasteiger partial charge in [-0.1, -0.05) is 42.5 Å². The Kier molecular flexibility index (Phi) is 7.25. The van der Waals surface area contributed by atoms with Gasteiger partial charge < -0.3 is 25.9 Å². The van der Waals surface area contributed by atoms with E-state index < -0.39 is 47.8 Å². The maximum Gasteiger partial charge on any atom is 0.332 e. The van der Waals surface area contributed by atoms with Gasteiger partial charge >= 0.3 is 12.0 Å². The highest BCUT2D eigenvalue weighted by molar-refractivity contribution is 6.24. The van der Waals surface area contributed by atoms with Crippen LogP contribution < -0.4 is 20.7 Å². The predicted octanol–water partition coefficient (Wildman–Crippen LogP) is 3.11. The highest BCUT2D eigenvalue weighted by Gasteiger charge is 2.53. The first-order valence-electron chi connectivity index (χ1n) is 14.0. The second-order valence-electron chi connectivity index (χ2n) is 10.7. The summed E-state index contributed by atoms with van der Waals surface area (Å²) in [6.07, 6.45) is -0.207. The number of nitrogens with zero attached hydrogens (tertiary/aromatic N) is 2. The summed E-state index contributed by atoms with van der Waals surface area (Å²) in [7, 11) is 1.56. The van der Waals surface area contributed by atoms with E-state index in [2.05, 4.69) is 10.3 Å². The van der Waals surface area contributed by atoms with Crippen LogP contribution in [0.25, 0.3) is 10.9 Å². The monoisotopic (exact) mass is 595 g/mol. The van der Waals surface area contributed by atoms with Gasteiger partial charge in [0.1, 0.15) is 23.9 Å². The van der Waals surface area contributed by atoms with Gasteiger partial charge in [0.15, 0.2) is 0 Å². The lowest BCUT2D eigenvalue weighted by Gasteiger charge is -2.36.